The summed E-state index contributed by atoms with van der Waals surface area (Å²) < 4.78 is 2.40. The van der Waals surface area contributed by atoms with Gasteiger partial charge in [-0.1, -0.05) is 11.6 Å². The van der Waals surface area contributed by atoms with Crippen molar-refractivity contribution in [1.29, 1.82) is 0 Å². The fraction of sp³-hybridized carbons (Fsp3) is 0.250. The molecule has 0 fully saturated rings. The Bertz CT molecular complexity index is 579. The lowest BCUT2D eigenvalue weighted by molar-refractivity contribution is 0.0951. The van der Waals surface area contributed by atoms with Crippen molar-refractivity contribution in [3.05, 3.63) is 45.7 Å². The molecule has 0 aliphatic rings. The van der Waals surface area contributed by atoms with E-state index in [0.717, 1.165) is 5.82 Å². The number of carbonyl (C=O) groups excluding carboxylic acids is 1. The Morgan fingerprint density at radius 1 is 1.47 bits per heavy atom. The first-order valence-corrected chi connectivity index (χ1v) is 6.82. The number of carbonyl (C=O) groups is 1. The zero-order chi connectivity index (χ0) is 13.8. The Kier molecular flexibility index (Phi) is 4.55. The maximum atomic E-state index is 12.0. The molecule has 0 radical (unpaired) electrons. The van der Waals surface area contributed by atoms with Crippen LogP contribution in [0.3, 0.4) is 0 Å². The van der Waals surface area contributed by atoms with E-state index in [9.17, 15) is 4.79 Å². The molecule has 7 heteroatoms. The van der Waals surface area contributed by atoms with Gasteiger partial charge >= 0.3 is 0 Å². The normalized spacial score (nSPS) is 10.5. The predicted molar refractivity (Wildman–Crippen MR) is 76.2 cm³/mol. The summed E-state index contributed by atoms with van der Waals surface area (Å²) in [6.07, 6.45) is 5.14. The highest BCUT2D eigenvalue weighted by Gasteiger charge is 2.14. The Balaban J connectivity index is 1.97. The number of hydrogen-bond acceptors (Lipinski definition) is 3. The van der Waals surface area contributed by atoms with Gasteiger partial charge in [-0.2, -0.15) is 0 Å². The maximum Gasteiger partial charge on any atom is 0.255 e. The van der Waals surface area contributed by atoms with Gasteiger partial charge in [0.15, 0.2) is 0 Å². The summed E-state index contributed by atoms with van der Waals surface area (Å²) in [5.41, 5.74) is 0.353. The van der Waals surface area contributed by atoms with Gasteiger partial charge in [0.25, 0.3) is 5.91 Å². The van der Waals surface area contributed by atoms with Gasteiger partial charge in [-0.3, -0.25) is 4.79 Å². The van der Waals surface area contributed by atoms with Crippen LogP contribution in [0.1, 0.15) is 16.2 Å². The van der Waals surface area contributed by atoms with Crippen LogP contribution in [0.5, 0.6) is 0 Å². The van der Waals surface area contributed by atoms with E-state index in [2.05, 4.69) is 31.2 Å². The highest BCUT2D eigenvalue weighted by Crippen LogP contribution is 2.21. The number of nitrogens with zero attached hydrogens (tertiary/aromatic N) is 3. The molecule has 5 nitrogen and oxygen atoms in total. The molecule has 2 aromatic heterocycles. The molecule has 2 rings (SSSR count). The molecule has 0 unspecified atom stereocenters. The van der Waals surface area contributed by atoms with Crippen molar-refractivity contribution in [3.8, 4) is 0 Å². The number of rotatable bonds is 4. The van der Waals surface area contributed by atoms with Crippen molar-refractivity contribution < 1.29 is 4.79 Å². The molecule has 0 saturated carbocycles. The monoisotopic (exact) mass is 342 g/mol. The van der Waals surface area contributed by atoms with Gasteiger partial charge in [-0.05, 0) is 28.9 Å². The molecule has 2 aromatic rings. The van der Waals surface area contributed by atoms with Crippen LogP contribution in [0.4, 0.5) is 0 Å². The van der Waals surface area contributed by atoms with Crippen molar-refractivity contribution >= 4 is 33.4 Å². The quantitative estimate of drug-likeness (QED) is 0.867. The number of pyridine rings is 1. The van der Waals surface area contributed by atoms with E-state index >= 15 is 0 Å². The molecule has 0 bridgehead atoms. The lowest BCUT2D eigenvalue weighted by Crippen LogP contribution is -2.28. The summed E-state index contributed by atoms with van der Waals surface area (Å²) in [6, 6.07) is 1.58. The van der Waals surface area contributed by atoms with E-state index in [1.165, 1.54) is 6.20 Å². The Morgan fingerprint density at radius 2 is 2.26 bits per heavy atom. The van der Waals surface area contributed by atoms with Gasteiger partial charge in [0.2, 0.25) is 0 Å². The van der Waals surface area contributed by atoms with Crippen molar-refractivity contribution in [2.24, 2.45) is 0 Å². The van der Waals surface area contributed by atoms with E-state index < -0.39 is 0 Å². The molecule has 0 atom stereocenters. The molecule has 19 heavy (non-hydrogen) atoms. The summed E-state index contributed by atoms with van der Waals surface area (Å²) in [5.74, 6) is 0.664. The van der Waals surface area contributed by atoms with Crippen molar-refractivity contribution in [3.63, 3.8) is 0 Å². The average molecular weight is 344 g/mol. The van der Waals surface area contributed by atoms with Gasteiger partial charge in [-0.25, -0.2) is 9.97 Å². The van der Waals surface area contributed by atoms with Gasteiger partial charge in [0.05, 0.1) is 10.6 Å². The molecule has 2 heterocycles. The molecule has 0 aliphatic carbocycles. The molecule has 0 spiro atoms. The molecular weight excluding hydrogens is 332 g/mol. The van der Waals surface area contributed by atoms with Crippen molar-refractivity contribution in [2.75, 3.05) is 6.54 Å². The molecule has 0 saturated heterocycles. The number of halogens is 2. The van der Waals surface area contributed by atoms with Gasteiger partial charge in [0, 0.05) is 31.7 Å². The summed E-state index contributed by atoms with van der Waals surface area (Å²) in [4.78, 5) is 20.1. The fourth-order valence-electron chi connectivity index (χ4n) is 1.64. The minimum Gasteiger partial charge on any atom is -0.350 e. The van der Waals surface area contributed by atoms with Crippen LogP contribution in [-0.4, -0.2) is 27.0 Å². The van der Waals surface area contributed by atoms with Gasteiger partial charge < -0.3 is 9.88 Å². The Hall–Kier alpha value is -1.40. The van der Waals surface area contributed by atoms with Gasteiger partial charge in [0.1, 0.15) is 10.4 Å². The van der Waals surface area contributed by atoms with Crippen LogP contribution in [0.25, 0.3) is 0 Å². The molecule has 0 aliphatic heterocycles. The van der Waals surface area contributed by atoms with Crippen LogP contribution >= 0.6 is 27.5 Å². The highest BCUT2D eigenvalue weighted by molar-refractivity contribution is 9.10. The summed E-state index contributed by atoms with van der Waals surface area (Å²) in [5, 5.41) is 3.18. The zero-order valence-corrected chi connectivity index (χ0v) is 12.6. The largest absolute Gasteiger partial charge is 0.350 e. The highest BCUT2D eigenvalue weighted by atomic mass is 79.9. The zero-order valence-electron chi connectivity index (χ0n) is 10.2. The number of imidazole rings is 1. The van der Waals surface area contributed by atoms with Crippen molar-refractivity contribution in [1.82, 2.24) is 19.9 Å². The van der Waals surface area contributed by atoms with Crippen LogP contribution in [0.2, 0.25) is 5.02 Å². The van der Waals surface area contributed by atoms with E-state index in [1.54, 1.807) is 12.3 Å². The first-order chi connectivity index (χ1) is 9.09. The predicted octanol–water partition coefficient (Wildman–Crippen LogP) is 2.43. The lowest BCUT2D eigenvalue weighted by atomic mass is 10.2. The Labute approximate surface area is 124 Å². The Morgan fingerprint density at radius 3 is 2.89 bits per heavy atom. The SMILES string of the molecule is Cc1nccn1CCNC(=O)c1c(Cl)ccnc1Br. The first kappa shape index (κ1) is 14.0. The second kappa shape index (κ2) is 6.16. The van der Waals surface area contributed by atoms with Crippen LogP contribution in [0.15, 0.2) is 29.3 Å². The molecular formula is C12H12BrClN4O. The average Bonchev–Trinajstić information content (AvgIpc) is 2.75. The van der Waals surface area contributed by atoms with Crippen LogP contribution in [0, 0.1) is 6.92 Å². The van der Waals surface area contributed by atoms with E-state index in [4.69, 9.17) is 11.6 Å². The molecule has 1 amide bonds. The number of amides is 1. The number of aryl methyl sites for hydroxylation is 1. The third kappa shape index (κ3) is 3.33. The molecule has 1 N–H and O–H groups in total. The standard InChI is InChI=1S/C12H12BrClN4O/c1-8-15-4-6-18(8)7-5-17-12(19)10-9(14)2-3-16-11(10)13/h2-4,6H,5,7H2,1H3,(H,17,19). The minimum absolute atomic E-state index is 0.247. The number of hydrogen-bond donors (Lipinski definition) is 1. The summed E-state index contributed by atoms with van der Waals surface area (Å²) in [6.45, 7) is 3.07. The van der Waals surface area contributed by atoms with E-state index in [0.29, 0.717) is 28.3 Å². The smallest absolute Gasteiger partial charge is 0.255 e. The number of aromatic nitrogens is 3. The second-order valence-corrected chi connectivity index (χ2v) is 5.04. The van der Waals surface area contributed by atoms with Crippen LogP contribution in [-0.2, 0) is 6.54 Å². The minimum atomic E-state index is -0.247. The summed E-state index contributed by atoms with van der Waals surface area (Å²) in [7, 11) is 0. The van der Waals surface area contributed by atoms with Gasteiger partial charge in [-0.15, -0.1) is 0 Å². The lowest BCUT2D eigenvalue weighted by Gasteiger charge is -2.09. The topological polar surface area (TPSA) is 59.8 Å². The molecule has 0 aromatic carbocycles. The number of nitrogens with one attached hydrogen (secondary N) is 1. The van der Waals surface area contributed by atoms with E-state index in [1.807, 2.05) is 17.7 Å². The first-order valence-electron chi connectivity index (χ1n) is 5.65. The summed E-state index contributed by atoms with van der Waals surface area (Å²) >= 11 is 9.20. The molecule has 100 valence electrons. The second-order valence-electron chi connectivity index (χ2n) is 3.88. The van der Waals surface area contributed by atoms with Crippen LogP contribution < -0.4 is 5.32 Å². The van der Waals surface area contributed by atoms with E-state index in [-0.39, 0.29) is 5.91 Å². The maximum absolute atomic E-state index is 12.0. The third-order valence-electron chi connectivity index (χ3n) is 2.64. The fourth-order valence-corrected chi connectivity index (χ4v) is 2.49. The third-order valence-corrected chi connectivity index (χ3v) is 3.56. The van der Waals surface area contributed by atoms with Crippen molar-refractivity contribution in [2.45, 2.75) is 13.5 Å².